The first-order valence-electron chi connectivity index (χ1n) is 15.4. The van der Waals surface area contributed by atoms with Crippen LogP contribution < -0.4 is 0 Å². The van der Waals surface area contributed by atoms with Crippen molar-refractivity contribution in [3.63, 3.8) is 0 Å². The molecule has 0 saturated heterocycles. The van der Waals surface area contributed by atoms with Crippen molar-refractivity contribution in [1.82, 2.24) is 0 Å². The fourth-order valence-corrected chi connectivity index (χ4v) is 4.36. The number of benzene rings is 2. The van der Waals surface area contributed by atoms with Crippen LogP contribution in [0.15, 0.2) is 121 Å². The van der Waals surface area contributed by atoms with Gasteiger partial charge in [-0.05, 0) is 62.5 Å². The third kappa shape index (κ3) is 18.2. The molecule has 2 unspecified atom stereocenters. The van der Waals surface area contributed by atoms with E-state index in [1.54, 1.807) is 60.7 Å². The summed E-state index contributed by atoms with van der Waals surface area (Å²) in [5, 5.41) is 27.4. The van der Waals surface area contributed by atoms with Crippen LogP contribution in [-0.4, -0.2) is 33.2 Å². The van der Waals surface area contributed by atoms with E-state index >= 15 is 0 Å². The van der Waals surface area contributed by atoms with Crippen molar-refractivity contribution in [3.05, 3.63) is 133 Å². The Hall–Kier alpha value is -4.45. The molecule has 0 aliphatic heterocycles. The zero-order valence-electron chi connectivity index (χ0n) is 25.8. The Morgan fingerprint density at radius 3 is 1.30 bits per heavy atom. The van der Waals surface area contributed by atoms with Gasteiger partial charge in [0.15, 0.2) is 0 Å². The second-order valence-electron chi connectivity index (χ2n) is 10.2. The molecule has 236 valence electrons. The molecule has 0 fully saturated rings. The smallest absolute Gasteiger partial charge is 0.312 e. The lowest BCUT2D eigenvalue weighted by atomic mass is 9.81. The summed E-state index contributed by atoms with van der Waals surface area (Å²) in [6.45, 7) is 2.15. The van der Waals surface area contributed by atoms with Gasteiger partial charge in [0, 0.05) is 6.42 Å². The number of rotatable bonds is 20. The average molecular weight is 601 g/mol. The first-order valence-corrected chi connectivity index (χ1v) is 15.4. The summed E-state index contributed by atoms with van der Waals surface area (Å²) in [6.07, 6.45) is 31.3. The Balaban J connectivity index is 0.000000445. The quantitative estimate of drug-likeness (QED) is 0.103. The van der Waals surface area contributed by atoms with Gasteiger partial charge in [-0.2, -0.15) is 0 Å². The van der Waals surface area contributed by atoms with Crippen molar-refractivity contribution in [2.75, 3.05) is 0 Å². The molecule has 0 radical (unpaired) electrons. The minimum atomic E-state index is -1.15. The molecule has 2 atom stereocenters. The van der Waals surface area contributed by atoms with Crippen LogP contribution in [0.4, 0.5) is 0 Å². The summed E-state index contributed by atoms with van der Waals surface area (Å²) in [5.74, 6) is -5.21. The Bertz CT molecular complexity index is 1150. The second-order valence-corrected chi connectivity index (χ2v) is 10.2. The lowest BCUT2D eigenvalue weighted by molar-refractivity contribution is -0.147. The van der Waals surface area contributed by atoms with Crippen molar-refractivity contribution in [2.45, 2.75) is 83.0 Å². The van der Waals surface area contributed by atoms with E-state index in [0.29, 0.717) is 17.5 Å². The van der Waals surface area contributed by atoms with Crippen LogP contribution >= 0.6 is 0 Å². The van der Waals surface area contributed by atoms with E-state index in [1.165, 1.54) is 0 Å². The number of carboxylic acids is 3. The van der Waals surface area contributed by atoms with E-state index < -0.39 is 29.7 Å². The Labute approximate surface area is 262 Å². The highest BCUT2D eigenvalue weighted by Gasteiger charge is 2.36. The van der Waals surface area contributed by atoms with Gasteiger partial charge in [0.2, 0.25) is 0 Å². The van der Waals surface area contributed by atoms with E-state index in [4.69, 9.17) is 5.11 Å². The summed E-state index contributed by atoms with van der Waals surface area (Å²) in [5.41, 5.74) is 0.965. The molecule has 0 spiro atoms. The lowest BCUT2D eigenvalue weighted by Crippen LogP contribution is -2.26. The topological polar surface area (TPSA) is 112 Å². The molecular weight excluding hydrogens is 552 g/mol. The normalized spacial score (nSPS) is 13.0. The van der Waals surface area contributed by atoms with Gasteiger partial charge in [0.05, 0.1) is 11.8 Å². The first-order chi connectivity index (χ1) is 21.4. The van der Waals surface area contributed by atoms with Gasteiger partial charge in [-0.15, -0.1) is 0 Å². The molecule has 2 aromatic rings. The molecule has 0 aromatic heterocycles. The minimum Gasteiger partial charge on any atom is -0.481 e. The second kappa shape index (κ2) is 25.1. The molecule has 0 amide bonds. The summed E-state index contributed by atoms with van der Waals surface area (Å²) in [4.78, 5) is 33.5. The lowest BCUT2D eigenvalue weighted by Gasteiger charge is -2.21. The van der Waals surface area contributed by atoms with Crippen LogP contribution in [0, 0.1) is 0 Å². The first kappa shape index (κ1) is 37.6. The van der Waals surface area contributed by atoms with Crippen LogP contribution in [0.1, 0.15) is 94.1 Å². The van der Waals surface area contributed by atoms with Crippen molar-refractivity contribution in [2.24, 2.45) is 0 Å². The molecule has 3 N–H and O–H groups in total. The van der Waals surface area contributed by atoms with Gasteiger partial charge >= 0.3 is 17.9 Å². The molecule has 0 bridgehead atoms. The molecule has 0 aliphatic rings. The molecular formula is C38H48O6. The number of carboxylic acid groups (broad SMARTS) is 3. The van der Waals surface area contributed by atoms with Crippen LogP contribution in [0.3, 0.4) is 0 Å². The van der Waals surface area contributed by atoms with Gasteiger partial charge in [-0.3, -0.25) is 14.4 Å². The maximum Gasteiger partial charge on any atom is 0.312 e. The van der Waals surface area contributed by atoms with E-state index in [-0.39, 0.29) is 0 Å². The minimum absolute atomic E-state index is 0.297. The Morgan fingerprint density at radius 1 is 0.545 bits per heavy atom. The summed E-state index contributed by atoms with van der Waals surface area (Å²) in [6, 6.07) is 16.9. The van der Waals surface area contributed by atoms with Crippen molar-refractivity contribution in [3.8, 4) is 0 Å². The van der Waals surface area contributed by atoms with E-state index in [1.807, 2.05) is 0 Å². The van der Waals surface area contributed by atoms with Gasteiger partial charge in [0.1, 0.15) is 0 Å². The largest absolute Gasteiger partial charge is 0.481 e. The number of hydrogen-bond donors (Lipinski definition) is 3. The van der Waals surface area contributed by atoms with Crippen LogP contribution in [0.25, 0.3) is 0 Å². The van der Waals surface area contributed by atoms with Crippen molar-refractivity contribution < 1.29 is 29.7 Å². The fraction of sp³-hybridized carbons (Fsp3) is 0.342. The molecule has 44 heavy (non-hydrogen) atoms. The number of aliphatic carboxylic acids is 3. The van der Waals surface area contributed by atoms with Crippen molar-refractivity contribution >= 4 is 17.9 Å². The van der Waals surface area contributed by atoms with E-state index in [2.05, 4.69) is 67.7 Å². The van der Waals surface area contributed by atoms with Crippen LogP contribution in [0.2, 0.25) is 0 Å². The highest BCUT2D eigenvalue weighted by molar-refractivity contribution is 5.88. The average Bonchev–Trinajstić information content (AvgIpc) is 3.01. The summed E-state index contributed by atoms with van der Waals surface area (Å²) in [7, 11) is 0. The number of hydrogen-bond acceptors (Lipinski definition) is 3. The van der Waals surface area contributed by atoms with E-state index in [0.717, 1.165) is 57.8 Å². The van der Waals surface area contributed by atoms with Gasteiger partial charge in [0.25, 0.3) is 0 Å². The Morgan fingerprint density at radius 2 is 0.932 bits per heavy atom. The number of unbranched alkanes of at least 4 members (excludes halogenated alkanes) is 3. The standard InChI is InChI=1S/C22H34O2.C16H14O4/c1-2-3-4-5-6-7-8-9-10-11-12-13-14-15-16-17-18-19-20-21-22(23)24;17-15(18)13(11-7-3-1-4-8-11)14(16(19)20)12-9-5-2-6-10-12/h3-4,6-7,9-10,12-13,15-16H,2,5,8,11,14,17-21H2,1H3,(H,23,24);1-10,13-14H,(H,17,18)(H,19,20)/b4-3?,7-6?,10-9?,13-12?,16-15-;. The van der Waals surface area contributed by atoms with E-state index in [9.17, 15) is 24.6 Å². The van der Waals surface area contributed by atoms with Crippen LogP contribution in [-0.2, 0) is 14.4 Å². The highest BCUT2D eigenvalue weighted by atomic mass is 16.4. The third-order valence-electron chi connectivity index (χ3n) is 6.60. The molecule has 2 aromatic carbocycles. The highest BCUT2D eigenvalue weighted by Crippen LogP contribution is 2.33. The molecule has 0 heterocycles. The van der Waals surface area contributed by atoms with Gasteiger partial charge in [-0.1, -0.05) is 135 Å². The van der Waals surface area contributed by atoms with Crippen molar-refractivity contribution in [1.29, 1.82) is 0 Å². The monoisotopic (exact) mass is 600 g/mol. The van der Waals surface area contributed by atoms with Crippen LogP contribution in [0.5, 0.6) is 0 Å². The fourth-order valence-electron chi connectivity index (χ4n) is 4.36. The van der Waals surface area contributed by atoms with Gasteiger partial charge in [-0.25, -0.2) is 0 Å². The predicted octanol–water partition coefficient (Wildman–Crippen LogP) is 9.50. The molecule has 0 aliphatic carbocycles. The maximum atomic E-state index is 11.6. The molecule has 2 rings (SSSR count). The zero-order chi connectivity index (χ0) is 32.3. The third-order valence-corrected chi connectivity index (χ3v) is 6.60. The summed E-state index contributed by atoms with van der Waals surface area (Å²) < 4.78 is 0. The predicted molar refractivity (Wildman–Crippen MR) is 179 cm³/mol. The van der Waals surface area contributed by atoms with Gasteiger partial charge < -0.3 is 15.3 Å². The molecule has 6 heteroatoms. The number of allylic oxidation sites excluding steroid dienone is 10. The Kier molecular flexibility index (Phi) is 21.4. The summed E-state index contributed by atoms with van der Waals surface area (Å²) >= 11 is 0. The number of carbonyl (C=O) groups is 3. The SMILES string of the molecule is CCC=CCC=CCC=CCC=CC/C=C\CCCCCC(=O)O.O=C(O)C(c1ccccc1)C(C(=O)O)c1ccccc1. The zero-order valence-corrected chi connectivity index (χ0v) is 25.8. The maximum absolute atomic E-state index is 11.6. The molecule has 6 nitrogen and oxygen atoms in total. The molecule has 0 saturated carbocycles.